The van der Waals surface area contributed by atoms with Crippen LogP contribution in [0.15, 0.2) is 54.6 Å². The van der Waals surface area contributed by atoms with Crippen LogP contribution < -0.4 is 0 Å². The second kappa shape index (κ2) is 6.71. The van der Waals surface area contributed by atoms with E-state index in [1.54, 1.807) is 0 Å². The minimum atomic E-state index is 0.224. The lowest BCUT2D eigenvalue weighted by Crippen LogP contribution is -2.14. The molecule has 0 bridgehead atoms. The Morgan fingerprint density at radius 1 is 0.800 bits per heavy atom. The Morgan fingerprint density at radius 2 is 1.45 bits per heavy atom. The van der Waals surface area contributed by atoms with Crippen LogP contribution in [0.5, 0.6) is 0 Å². The molecule has 0 aliphatic rings. The Hall–Kier alpha value is -1.60. The van der Waals surface area contributed by atoms with Gasteiger partial charge in [0.25, 0.3) is 0 Å². The lowest BCUT2D eigenvalue weighted by molar-refractivity contribution is 0.0599. The molecule has 0 saturated heterocycles. The molecular weight excluding hydrogens is 244 g/mol. The van der Waals surface area contributed by atoms with Crippen LogP contribution in [-0.2, 0) is 17.8 Å². The molecule has 106 valence electrons. The highest BCUT2D eigenvalue weighted by Crippen LogP contribution is 2.16. The molecule has 2 rings (SSSR count). The van der Waals surface area contributed by atoms with Gasteiger partial charge in [0.1, 0.15) is 0 Å². The van der Waals surface area contributed by atoms with Gasteiger partial charge in [-0.1, -0.05) is 75.4 Å². The van der Waals surface area contributed by atoms with Crippen molar-refractivity contribution in [1.82, 2.24) is 0 Å². The topological polar surface area (TPSA) is 9.23 Å². The maximum Gasteiger partial charge on any atom is 0.0717 e. The van der Waals surface area contributed by atoms with Crippen molar-refractivity contribution >= 4 is 0 Å². The van der Waals surface area contributed by atoms with E-state index in [1.807, 2.05) is 0 Å². The van der Waals surface area contributed by atoms with Crippen molar-refractivity contribution in [2.45, 2.75) is 33.8 Å². The van der Waals surface area contributed by atoms with Gasteiger partial charge in [-0.05, 0) is 28.5 Å². The average Bonchev–Trinajstić information content (AvgIpc) is 2.39. The summed E-state index contributed by atoms with van der Waals surface area (Å²) in [5.74, 6) is 0. The average molecular weight is 268 g/mol. The molecule has 0 N–H and O–H groups in total. The summed E-state index contributed by atoms with van der Waals surface area (Å²) in [6.45, 7) is 8.06. The fourth-order valence-corrected chi connectivity index (χ4v) is 2.14. The summed E-state index contributed by atoms with van der Waals surface area (Å²) in [7, 11) is 0. The third-order valence-corrected chi connectivity index (χ3v) is 3.05. The number of hydrogen-bond donors (Lipinski definition) is 0. The fourth-order valence-electron chi connectivity index (χ4n) is 2.14. The summed E-state index contributed by atoms with van der Waals surface area (Å²) in [6, 6.07) is 19.3. The predicted octanol–water partition coefficient (Wildman–Crippen LogP) is 4.84. The van der Waals surface area contributed by atoms with Crippen molar-refractivity contribution in [2.24, 2.45) is 5.41 Å². The van der Waals surface area contributed by atoms with Crippen LogP contribution >= 0.6 is 0 Å². The monoisotopic (exact) mass is 268 g/mol. The zero-order valence-electron chi connectivity index (χ0n) is 12.7. The number of hydrogen-bond acceptors (Lipinski definition) is 1. The van der Waals surface area contributed by atoms with Crippen molar-refractivity contribution in [3.05, 3.63) is 71.3 Å². The first kappa shape index (κ1) is 14.8. The van der Waals surface area contributed by atoms with E-state index in [0.717, 1.165) is 13.0 Å². The Morgan fingerprint density at radius 3 is 2.15 bits per heavy atom. The van der Waals surface area contributed by atoms with E-state index in [1.165, 1.54) is 16.7 Å². The maximum absolute atomic E-state index is 5.79. The van der Waals surface area contributed by atoms with Gasteiger partial charge >= 0.3 is 0 Å². The Kier molecular flexibility index (Phi) is 4.97. The highest BCUT2D eigenvalue weighted by atomic mass is 16.5. The van der Waals surface area contributed by atoms with Crippen molar-refractivity contribution in [3.63, 3.8) is 0 Å². The van der Waals surface area contributed by atoms with Crippen LogP contribution in [0.4, 0.5) is 0 Å². The van der Waals surface area contributed by atoms with E-state index >= 15 is 0 Å². The van der Waals surface area contributed by atoms with Crippen LogP contribution in [0.1, 0.15) is 37.5 Å². The van der Waals surface area contributed by atoms with Crippen molar-refractivity contribution < 1.29 is 4.74 Å². The third-order valence-electron chi connectivity index (χ3n) is 3.05. The van der Waals surface area contributed by atoms with E-state index in [0.29, 0.717) is 6.61 Å². The first-order chi connectivity index (χ1) is 9.53. The first-order valence-corrected chi connectivity index (χ1v) is 7.22. The van der Waals surface area contributed by atoms with Crippen molar-refractivity contribution in [3.8, 4) is 0 Å². The van der Waals surface area contributed by atoms with Gasteiger partial charge in [0, 0.05) is 0 Å². The molecule has 0 spiro atoms. The largest absolute Gasteiger partial charge is 0.376 e. The number of benzene rings is 2. The van der Waals surface area contributed by atoms with Gasteiger partial charge in [-0.15, -0.1) is 0 Å². The highest BCUT2D eigenvalue weighted by molar-refractivity contribution is 5.29. The van der Waals surface area contributed by atoms with Crippen LogP contribution in [-0.4, -0.2) is 6.61 Å². The Bertz CT molecular complexity index is 523. The molecule has 0 unspecified atom stereocenters. The molecule has 1 heteroatoms. The highest BCUT2D eigenvalue weighted by Gasteiger charge is 2.09. The smallest absolute Gasteiger partial charge is 0.0717 e. The molecule has 0 atom stereocenters. The summed E-state index contributed by atoms with van der Waals surface area (Å²) in [4.78, 5) is 0. The minimum absolute atomic E-state index is 0.224. The molecule has 0 saturated carbocycles. The standard InChI is InChI=1S/C19H24O/c1-19(2,3)15-20-14-18-11-7-10-17(13-18)12-16-8-5-4-6-9-16/h4-11,13H,12,14-15H2,1-3H3. The second-order valence-electron chi connectivity index (χ2n) is 6.54. The lowest BCUT2D eigenvalue weighted by Gasteiger charge is -2.18. The van der Waals surface area contributed by atoms with E-state index < -0.39 is 0 Å². The molecule has 0 amide bonds. The zero-order chi connectivity index (χ0) is 14.4. The predicted molar refractivity (Wildman–Crippen MR) is 84.8 cm³/mol. The van der Waals surface area contributed by atoms with Gasteiger partial charge < -0.3 is 4.74 Å². The van der Waals surface area contributed by atoms with Crippen LogP contribution in [0.25, 0.3) is 0 Å². The number of ether oxygens (including phenoxy) is 1. The van der Waals surface area contributed by atoms with Gasteiger partial charge in [-0.2, -0.15) is 0 Å². The summed E-state index contributed by atoms with van der Waals surface area (Å²) in [5, 5.41) is 0. The normalized spacial score (nSPS) is 11.6. The van der Waals surface area contributed by atoms with Crippen LogP contribution in [0.2, 0.25) is 0 Å². The molecular formula is C19H24O. The van der Waals surface area contributed by atoms with Gasteiger partial charge in [-0.3, -0.25) is 0 Å². The maximum atomic E-state index is 5.79. The molecule has 20 heavy (non-hydrogen) atoms. The fraction of sp³-hybridized carbons (Fsp3) is 0.368. The molecule has 0 radical (unpaired) electrons. The molecule has 0 fully saturated rings. The third kappa shape index (κ3) is 5.18. The summed E-state index contributed by atoms with van der Waals surface area (Å²) >= 11 is 0. The number of rotatable bonds is 5. The molecule has 2 aromatic rings. The zero-order valence-corrected chi connectivity index (χ0v) is 12.7. The van der Waals surface area contributed by atoms with Gasteiger partial charge in [0.2, 0.25) is 0 Å². The molecule has 0 aliphatic heterocycles. The van der Waals surface area contributed by atoms with E-state index in [4.69, 9.17) is 4.74 Å². The van der Waals surface area contributed by atoms with E-state index in [9.17, 15) is 0 Å². The van der Waals surface area contributed by atoms with Gasteiger partial charge in [0.15, 0.2) is 0 Å². The Balaban J connectivity index is 1.94. The van der Waals surface area contributed by atoms with E-state index in [-0.39, 0.29) is 5.41 Å². The first-order valence-electron chi connectivity index (χ1n) is 7.22. The van der Waals surface area contributed by atoms with Crippen LogP contribution in [0.3, 0.4) is 0 Å². The second-order valence-corrected chi connectivity index (χ2v) is 6.54. The molecule has 1 nitrogen and oxygen atoms in total. The summed E-state index contributed by atoms with van der Waals surface area (Å²) < 4.78 is 5.79. The van der Waals surface area contributed by atoms with E-state index in [2.05, 4.69) is 75.4 Å². The molecule has 0 aliphatic carbocycles. The molecule has 0 heterocycles. The lowest BCUT2D eigenvalue weighted by atomic mass is 9.99. The van der Waals surface area contributed by atoms with Crippen molar-refractivity contribution in [2.75, 3.05) is 6.61 Å². The SMILES string of the molecule is CC(C)(C)COCc1cccc(Cc2ccccc2)c1. The molecule has 0 aromatic heterocycles. The van der Waals surface area contributed by atoms with Crippen LogP contribution in [0, 0.1) is 5.41 Å². The van der Waals surface area contributed by atoms with Gasteiger partial charge in [-0.25, -0.2) is 0 Å². The minimum Gasteiger partial charge on any atom is -0.376 e. The quantitative estimate of drug-likeness (QED) is 0.754. The molecule has 2 aromatic carbocycles. The Labute approximate surface area is 122 Å². The summed E-state index contributed by atoms with van der Waals surface area (Å²) in [6.07, 6.45) is 0.980. The van der Waals surface area contributed by atoms with Gasteiger partial charge in [0.05, 0.1) is 13.2 Å². The van der Waals surface area contributed by atoms with Crippen molar-refractivity contribution in [1.29, 1.82) is 0 Å². The summed E-state index contributed by atoms with van der Waals surface area (Å²) in [5.41, 5.74) is 4.16.